The Morgan fingerprint density at radius 1 is 1.28 bits per heavy atom. The Labute approximate surface area is 104 Å². The normalized spacial score (nSPS) is 19.2. The molecule has 0 aromatic heterocycles. The van der Waals surface area contributed by atoms with Crippen LogP contribution in [0.25, 0.3) is 0 Å². The molecule has 1 aliphatic rings. The van der Waals surface area contributed by atoms with Crippen molar-refractivity contribution >= 4 is 17.7 Å². The third kappa shape index (κ3) is 2.38. The van der Waals surface area contributed by atoms with Gasteiger partial charge in [-0.05, 0) is 12.1 Å². The zero-order chi connectivity index (χ0) is 13.1. The van der Waals surface area contributed by atoms with Crippen LogP contribution in [0.15, 0.2) is 30.3 Å². The van der Waals surface area contributed by atoms with Gasteiger partial charge in [-0.2, -0.15) is 0 Å². The third-order valence-electron chi connectivity index (χ3n) is 2.78. The summed E-state index contributed by atoms with van der Waals surface area (Å²) in [6.45, 7) is 0. The van der Waals surface area contributed by atoms with Crippen LogP contribution in [-0.2, 0) is 9.59 Å². The van der Waals surface area contributed by atoms with Gasteiger partial charge in [-0.25, -0.2) is 5.43 Å². The standard InChI is InChI=1S/C12H13N3O3/c1-15-10(16)7-9(12(15)18)13-14-11(17)8-5-3-2-4-6-8/h2-6,9,13H,7H2,1H3,(H,14,17)/t9-/m1/s1. The molecule has 1 aliphatic heterocycles. The number of benzene rings is 1. The highest BCUT2D eigenvalue weighted by Crippen LogP contribution is 2.09. The Morgan fingerprint density at radius 3 is 2.50 bits per heavy atom. The molecule has 94 valence electrons. The highest BCUT2D eigenvalue weighted by Gasteiger charge is 2.36. The van der Waals surface area contributed by atoms with Gasteiger partial charge in [-0.15, -0.1) is 0 Å². The minimum atomic E-state index is -0.685. The molecule has 1 atom stereocenters. The lowest BCUT2D eigenvalue weighted by atomic mass is 10.2. The van der Waals surface area contributed by atoms with Crippen LogP contribution < -0.4 is 10.9 Å². The fraction of sp³-hybridized carbons (Fsp3) is 0.250. The smallest absolute Gasteiger partial charge is 0.265 e. The third-order valence-corrected chi connectivity index (χ3v) is 2.78. The van der Waals surface area contributed by atoms with Crippen LogP contribution in [0.3, 0.4) is 0 Å². The highest BCUT2D eigenvalue weighted by atomic mass is 16.2. The van der Waals surface area contributed by atoms with Crippen LogP contribution in [0.5, 0.6) is 0 Å². The first kappa shape index (κ1) is 12.3. The van der Waals surface area contributed by atoms with Gasteiger partial charge < -0.3 is 0 Å². The van der Waals surface area contributed by atoms with E-state index in [2.05, 4.69) is 10.9 Å². The van der Waals surface area contributed by atoms with E-state index in [4.69, 9.17) is 0 Å². The second kappa shape index (κ2) is 4.97. The van der Waals surface area contributed by atoms with Crippen molar-refractivity contribution in [1.82, 2.24) is 15.8 Å². The molecular weight excluding hydrogens is 234 g/mol. The van der Waals surface area contributed by atoms with Crippen molar-refractivity contribution in [1.29, 1.82) is 0 Å². The maximum atomic E-state index is 11.7. The molecule has 0 spiro atoms. The molecule has 0 radical (unpaired) electrons. The van der Waals surface area contributed by atoms with E-state index in [-0.39, 0.29) is 24.1 Å². The molecule has 2 N–H and O–H groups in total. The van der Waals surface area contributed by atoms with E-state index in [0.29, 0.717) is 5.56 Å². The van der Waals surface area contributed by atoms with Crippen molar-refractivity contribution in [3.05, 3.63) is 35.9 Å². The number of hydrogen-bond donors (Lipinski definition) is 2. The number of likely N-dealkylation sites (tertiary alicyclic amines) is 1. The number of rotatable bonds is 3. The summed E-state index contributed by atoms with van der Waals surface area (Å²) >= 11 is 0. The lowest BCUT2D eigenvalue weighted by Crippen LogP contribution is -2.47. The van der Waals surface area contributed by atoms with Gasteiger partial charge >= 0.3 is 0 Å². The number of likely N-dealkylation sites (N-methyl/N-ethyl adjacent to an activating group) is 1. The molecule has 0 saturated carbocycles. The van der Waals surface area contributed by atoms with Gasteiger partial charge in [0.1, 0.15) is 6.04 Å². The van der Waals surface area contributed by atoms with Gasteiger partial charge in [0.15, 0.2) is 0 Å². The number of nitrogens with one attached hydrogen (secondary N) is 2. The number of hydrogen-bond acceptors (Lipinski definition) is 4. The number of nitrogens with zero attached hydrogens (tertiary/aromatic N) is 1. The van der Waals surface area contributed by atoms with Gasteiger partial charge in [0.05, 0.1) is 6.42 Å². The van der Waals surface area contributed by atoms with Gasteiger partial charge in [0, 0.05) is 12.6 Å². The van der Waals surface area contributed by atoms with E-state index in [1.54, 1.807) is 30.3 Å². The predicted molar refractivity (Wildman–Crippen MR) is 63.2 cm³/mol. The highest BCUT2D eigenvalue weighted by molar-refractivity contribution is 6.05. The average Bonchev–Trinajstić information content (AvgIpc) is 2.64. The molecule has 0 aliphatic carbocycles. The van der Waals surface area contributed by atoms with Gasteiger partial charge in [-0.3, -0.25) is 24.7 Å². The van der Waals surface area contributed by atoms with E-state index in [0.717, 1.165) is 4.90 Å². The molecule has 6 heteroatoms. The van der Waals surface area contributed by atoms with Crippen molar-refractivity contribution < 1.29 is 14.4 Å². The summed E-state index contributed by atoms with van der Waals surface area (Å²) in [5.41, 5.74) is 5.48. The molecular formula is C12H13N3O3. The fourth-order valence-electron chi connectivity index (χ4n) is 1.68. The van der Waals surface area contributed by atoms with Crippen LogP contribution >= 0.6 is 0 Å². The first-order chi connectivity index (χ1) is 8.59. The summed E-state index contributed by atoms with van der Waals surface area (Å²) < 4.78 is 0. The van der Waals surface area contributed by atoms with Crippen LogP contribution in [0.2, 0.25) is 0 Å². The second-order valence-corrected chi connectivity index (χ2v) is 4.01. The zero-order valence-corrected chi connectivity index (χ0v) is 9.84. The Kier molecular flexibility index (Phi) is 3.38. The average molecular weight is 247 g/mol. The molecule has 1 aromatic rings. The molecule has 1 fully saturated rings. The van der Waals surface area contributed by atoms with Gasteiger partial charge in [0.25, 0.3) is 5.91 Å². The van der Waals surface area contributed by atoms with E-state index in [9.17, 15) is 14.4 Å². The molecule has 18 heavy (non-hydrogen) atoms. The van der Waals surface area contributed by atoms with E-state index >= 15 is 0 Å². The van der Waals surface area contributed by atoms with Crippen molar-refractivity contribution in [3.8, 4) is 0 Å². The quantitative estimate of drug-likeness (QED) is 0.566. The second-order valence-electron chi connectivity index (χ2n) is 4.01. The SMILES string of the molecule is CN1C(=O)C[C@@H](NNC(=O)c2ccccc2)C1=O. The molecule has 1 aromatic carbocycles. The van der Waals surface area contributed by atoms with E-state index in [1.807, 2.05) is 0 Å². The van der Waals surface area contributed by atoms with Crippen molar-refractivity contribution in [2.75, 3.05) is 7.05 Å². The summed E-state index contributed by atoms with van der Waals surface area (Å²) in [6.07, 6.45) is 0.0599. The Morgan fingerprint density at radius 2 is 1.94 bits per heavy atom. The Bertz CT molecular complexity index is 487. The number of imide groups is 1. The minimum absolute atomic E-state index is 0.0599. The summed E-state index contributed by atoms with van der Waals surface area (Å²) in [5.74, 6) is -0.940. The van der Waals surface area contributed by atoms with Gasteiger partial charge in [-0.1, -0.05) is 18.2 Å². The summed E-state index contributed by atoms with van der Waals surface area (Å²) in [6, 6.07) is 7.92. The monoisotopic (exact) mass is 247 g/mol. The maximum Gasteiger partial charge on any atom is 0.265 e. The number of amides is 3. The van der Waals surface area contributed by atoms with Crippen LogP contribution in [0.1, 0.15) is 16.8 Å². The van der Waals surface area contributed by atoms with E-state index < -0.39 is 6.04 Å². The molecule has 1 heterocycles. The van der Waals surface area contributed by atoms with Crippen molar-refractivity contribution in [2.45, 2.75) is 12.5 Å². The molecule has 0 bridgehead atoms. The summed E-state index contributed by atoms with van der Waals surface area (Å²) in [4.78, 5) is 35.6. The topological polar surface area (TPSA) is 78.5 Å². The molecule has 0 unspecified atom stereocenters. The number of hydrazine groups is 1. The predicted octanol–water partition coefficient (Wildman–Crippen LogP) is -0.322. The molecule has 2 rings (SSSR count). The Hall–Kier alpha value is -2.21. The fourth-order valence-corrected chi connectivity index (χ4v) is 1.68. The molecule has 1 saturated heterocycles. The van der Waals surface area contributed by atoms with Gasteiger partial charge in [0.2, 0.25) is 11.8 Å². The van der Waals surface area contributed by atoms with E-state index in [1.165, 1.54) is 7.05 Å². The van der Waals surface area contributed by atoms with Crippen molar-refractivity contribution in [2.24, 2.45) is 0 Å². The zero-order valence-electron chi connectivity index (χ0n) is 9.84. The largest absolute Gasteiger partial charge is 0.287 e. The lowest BCUT2D eigenvalue weighted by Gasteiger charge is -2.12. The van der Waals surface area contributed by atoms with Crippen LogP contribution in [-0.4, -0.2) is 35.7 Å². The minimum Gasteiger partial charge on any atom is -0.287 e. The first-order valence-electron chi connectivity index (χ1n) is 5.51. The Balaban J connectivity index is 1.91. The lowest BCUT2D eigenvalue weighted by molar-refractivity contribution is -0.137. The summed E-state index contributed by atoms with van der Waals surface area (Å²) in [5, 5.41) is 0. The number of carbonyl (C=O) groups excluding carboxylic acids is 3. The number of carbonyl (C=O) groups is 3. The first-order valence-corrected chi connectivity index (χ1v) is 5.51. The molecule has 6 nitrogen and oxygen atoms in total. The molecule has 3 amide bonds. The maximum absolute atomic E-state index is 11.7. The van der Waals surface area contributed by atoms with Crippen LogP contribution in [0, 0.1) is 0 Å². The van der Waals surface area contributed by atoms with Crippen LogP contribution in [0.4, 0.5) is 0 Å². The van der Waals surface area contributed by atoms with Crippen molar-refractivity contribution in [3.63, 3.8) is 0 Å². The summed E-state index contributed by atoms with van der Waals surface area (Å²) in [7, 11) is 1.42.